The van der Waals surface area contributed by atoms with Crippen LogP contribution in [0.25, 0.3) is 0 Å². The Morgan fingerprint density at radius 2 is 1.90 bits per heavy atom. The van der Waals surface area contributed by atoms with E-state index in [0.29, 0.717) is 56.1 Å². The Morgan fingerprint density at radius 1 is 1.20 bits per heavy atom. The SMILES string of the molecule is CCCNC(=O)[C@@H](NC(=O)c1cccc(OC)c1)C1CCN(C(=O)CC(C)C)CC1. The van der Waals surface area contributed by atoms with Gasteiger partial charge in [0, 0.05) is 31.6 Å². The zero-order valence-electron chi connectivity index (χ0n) is 18.6. The monoisotopic (exact) mass is 417 g/mol. The summed E-state index contributed by atoms with van der Waals surface area (Å²) in [7, 11) is 1.55. The van der Waals surface area contributed by atoms with Gasteiger partial charge in [0.2, 0.25) is 11.8 Å². The molecule has 0 saturated carbocycles. The van der Waals surface area contributed by atoms with Crippen molar-refractivity contribution in [2.75, 3.05) is 26.7 Å². The predicted octanol–water partition coefficient (Wildman–Crippen LogP) is 2.60. The van der Waals surface area contributed by atoms with E-state index in [4.69, 9.17) is 4.74 Å². The highest BCUT2D eigenvalue weighted by atomic mass is 16.5. The van der Waals surface area contributed by atoms with Crippen LogP contribution >= 0.6 is 0 Å². The van der Waals surface area contributed by atoms with Gasteiger partial charge in [-0.3, -0.25) is 14.4 Å². The van der Waals surface area contributed by atoms with Gasteiger partial charge >= 0.3 is 0 Å². The number of benzene rings is 1. The molecule has 1 aliphatic rings. The third-order valence-corrected chi connectivity index (χ3v) is 5.40. The van der Waals surface area contributed by atoms with Crippen molar-refractivity contribution in [2.24, 2.45) is 11.8 Å². The summed E-state index contributed by atoms with van der Waals surface area (Å²) in [5, 5.41) is 5.84. The lowest BCUT2D eigenvalue weighted by Gasteiger charge is -2.36. The molecule has 0 aromatic heterocycles. The number of hydrogen-bond acceptors (Lipinski definition) is 4. The van der Waals surface area contributed by atoms with Gasteiger partial charge in [-0.1, -0.05) is 26.8 Å². The fraction of sp³-hybridized carbons (Fsp3) is 0.609. The largest absolute Gasteiger partial charge is 0.497 e. The average Bonchev–Trinajstić information content (AvgIpc) is 2.75. The third-order valence-electron chi connectivity index (χ3n) is 5.40. The second-order valence-corrected chi connectivity index (χ2v) is 8.29. The minimum atomic E-state index is -0.627. The van der Waals surface area contributed by atoms with Crippen molar-refractivity contribution in [1.82, 2.24) is 15.5 Å². The summed E-state index contributed by atoms with van der Waals surface area (Å²) >= 11 is 0. The van der Waals surface area contributed by atoms with Gasteiger partial charge in [-0.15, -0.1) is 0 Å². The highest BCUT2D eigenvalue weighted by Crippen LogP contribution is 2.23. The first-order chi connectivity index (χ1) is 14.3. The van der Waals surface area contributed by atoms with Gasteiger partial charge in [-0.2, -0.15) is 0 Å². The highest BCUT2D eigenvalue weighted by molar-refractivity contribution is 5.98. The second-order valence-electron chi connectivity index (χ2n) is 8.29. The number of ether oxygens (including phenoxy) is 1. The number of rotatable bonds is 9. The maximum Gasteiger partial charge on any atom is 0.252 e. The second kappa shape index (κ2) is 11.6. The van der Waals surface area contributed by atoms with E-state index in [1.54, 1.807) is 31.4 Å². The fourth-order valence-corrected chi connectivity index (χ4v) is 3.71. The predicted molar refractivity (Wildman–Crippen MR) is 116 cm³/mol. The first-order valence-electron chi connectivity index (χ1n) is 10.9. The quantitative estimate of drug-likeness (QED) is 0.647. The van der Waals surface area contributed by atoms with E-state index in [1.807, 2.05) is 25.7 Å². The zero-order chi connectivity index (χ0) is 22.1. The van der Waals surface area contributed by atoms with Gasteiger partial charge in [-0.05, 0) is 49.3 Å². The van der Waals surface area contributed by atoms with E-state index in [0.717, 1.165) is 6.42 Å². The van der Waals surface area contributed by atoms with Crippen molar-refractivity contribution in [2.45, 2.75) is 52.5 Å². The van der Waals surface area contributed by atoms with E-state index in [2.05, 4.69) is 10.6 Å². The fourth-order valence-electron chi connectivity index (χ4n) is 3.71. The summed E-state index contributed by atoms with van der Waals surface area (Å²) in [4.78, 5) is 39.9. The lowest BCUT2D eigenvalue weighted by Crippen LogP contribution is -2.54. The maximum absolute atomic E-state index is 12.8. The van der Waals surface area contributed by atoms with Crippen LogP contribution in [-0.4, -0.2) is 55.4 Å². The molecule has 2 rings (SSSR count). The van der Waals surface area contributed by atoms with E-state index in [9.17, 15) is 14.4 Å². The number of nitrogens with one attached hydrogen (secondary N) is 2. The van der Waals surface area contributed by atoms with Crippen LogP contribution in [-0.2, 0) is 9.59 Å². The Hall–Kier alpha value is -2.57. The van der Waals surface area contributed by atoms with E-state index in [1.165, 1.54) is 0 Å². The Balaban J connectivity index is 2.07. The molecule has 0 bridgehead atoms. The van der Waals surface area contributed by atoms with Crippen LogP contribution in [0.3, 0.4) is 0 Å². The molecule has 3 amide bonds. The molecule has 1 fully saturated rings. The average molecular weight is 418 g/mol. The molecule has 0 unspecified atom stereocenters. The van der Waals surface area contributed by atoms with E-state index in [-0.39, 0.29) is 23.6 Å². The van der Waals surface area contributed by atoms with Gasteiger partial charge in [0.15, 0.2) is 0 Å². The smallest absolute Gasteiger partial charge is 0.252 e. The number of amides is 3. The van der Waals surface area contributed by atoms with Crippen molar-refractivity contribution in [3.8, 4) is 5.75 Å². The van der Waals surface area contributed by atoms with Gasteiger partial charge in [-0.25, -0.2) is 0 Å². The molecule has 0 radical (unpaired) electrons. The molecular formula is C23H35N3O4. The molecule has 1 aromatic carbocycles. The molecule has 1 heterocycles. The number of piperidine rings is 1. The molecule has 2 N–H and O–H groups in total. The number of nitrogens with zero attached hydrogens (tertiary/aromatic N) is 1. The van der Waals surface area contributed by atoms with Gasteiger partial charge in [0.25, 0.3) is 5.91 Å². The van der Waals surface area contributed by atoms with Crippen molar-refractivity contribution in [3.05, 3.63) is 29.8 Å². The topological polar surface area (TPSA) is 87.7 Å². The van der Waals surface area contributed by atoms with Crippen molar-refractivity contribution in [1.29, 1.82) is 0 Å². The van der Waals surface area contributed by atoms with Crippen LogP contribution in [0.1, 0.15) is 56.8 Å². The summed E-state index contributed by atoms with van der Waals surface area (Å²) in [5.41, 5.74) is 0.451. The molecule has 166 valence electrons. The number of carbonyl (C=O) groups is 3. The van der Waals surface area contributed by atoms with Crippen LogP contribution < -0.4 is 15.4 Å². The molecule has 1 aliphatic heterocycles. The minimum Gasteiger partial charge on any atom is -0.497 e. The van der Waals surface area contributed by atoms with E-state index < -0.39 is 6.04 Å². The molecule has 1 aromatic rings. The van der Waals surface area contributed by atoms with Crippen molar-refractivity contribution in [3.63, 3.8) is 0 Å². The summed E-state index contributed by atoms with van der Waals surface area (Å²) in [6.07, 6.45) is 2.74. The van der Waals surface area contributed by atoms with Crippen LogP contribution in [0, 0.1) is 11.8 Å². The van der Waals surface area contributed by atoms with Crippen LogP contribution in [0.4, 0.5) is 0 Å². The molecule has 1 atom stereocenters. The van der Waals surface area contributed by atoms with E-state index >= 15 is 0 Å². The summed E-state index contributed by atoms with van der Waals surface area (Å²) < 4.78 is 5.19. The summed E-state index contributed by atoms with van der Waals surface area (Å²) in [6, 6.07) is 6.25. The van der Waals surface area contributed by atoms with Crippen LogP contribution in [0.15, 0.2) is 24.3 Å². The minimum absolute atomic E-state index is 0.0143. The van der Waals surface area contributed by atoms with Crippen molar-refractivity contribution >= 4 is 17.7 Å². The molecule has 7 heteroatoms. The van der Waals surface area contributed by atoms with Gasteiger partial charge in [0.05, 0.1) is 7.11 Å². The maximum atomic E-state index is 12.8. The molecule has 1 saturated heterocycles. The first-order valence-corrected chi connectivity index (χ1v) is 10.9. The molecule has 30 heavy (non-hydrogen) atoms. The molecule has 0 spiro atoms. The molecular weight excluding hydrogens is 382 g/mol. The first kappa shape index (κ1) is 23.7. The van der Waals surface area contributed by atoms with Crippen LogP contribution in [0.2, 0.25) is 0 Å². The Morgan fingerprint density at radius 3 is 2.50 bits per heavy atom. The van der Waals surface area contributed by atoms with Gasteiger partial charge < -0.3 is 20.3 Å². The highest BCUT2D eigenvalue weighted by Gasteiger charge is 2.34. The summed E-state index contributed by atoms with van der Waals surface area (Å²) in [5.74, 6) is 0.593. The summed E-state index contributed by atoms with van der Waals surface area (Å²) in [6.45, 7) is 7.85. The number of methoxy groups -OCH3 is 1. The lowest BCUT2D eigenvalue weighted by molar-refractivity contribution is -0.133. The Bertz CT molecular complexity index is 727. The zero-order valence-corrected chi connectivity index (χ0v) is 18.6. The third kappa shape index (κ3) is 6.75. The van der Waals surface area contributed by atoms with Crippen molar-refractivity contribution < 1.29 is 19.1 Å². The normalized spacial score (nSPS) is 15.6. The molecule has 7 nitrogen and oxygen atoms in total. The number of carbonyl (C=O) groups excluding carboxylic acids is 3. The Kier molecular flexibility index (Phi) is 9.15. The number of likely N-dealkylation sites (tertiary alicyclic amines) is 1. The standard InChI is InChI=1S/C23H35N3O4/c1-5-11-24-23(29)21(25-22(28)18-7-6-8-19(15-18)30-4)17-9-12-26(13-10-17)20(27)14-16(2)3/h6-8,15-17,21H,5,9-14H2,1-4H3,(H,24,29)(H,25,28)/t21-/m0/s1. The number of hydrogen-bond donors (Lipinski definition) is 2. The van der Waals surface area contributed by atoms with Crippen LogP contribution in [0.5, 0.6) is 5.75 Å². The van der Waals surface area contributed by atoms with Gasteiger partial charge in [0.1, 0.15) is 11.8 Å². The Labute approximate surface area is 179 Å². The lowest BCUT2D eigenvalue weighted by atomic mass is 9.88. The molecule has 0 aliphatic carbocycles.